The number of aliphatic imine (C=N–C) groups is 1. The number of piperidine rings is 1. The van der Waals surface area contributed by atoms with Crippen molar-refractivity contribution < 1.29 is 0 Å². The lowest BCUT2D eigenvalue weighted by molar-refractivity contribution is 0.182. The molecule has 1 N–H and O–H groups in total. The monoisotopic (exact) mass is 507 g/mol. The first-order chi connectivity index (χ1) is 12.7. The molecule has 2 aliphatic heterocycles. The first-order valence-electron chi connectivity index (χ1n) is 9.99. The van der Waals surface area contributed by atoms with Gasteiger partial charge in [0.15, 0.2) is 5.96 Å². The highest BCUT2D eigenvalue weighted by atomic mass is 127. The van der Waals surface area contributed by atoms with Gasteiger partial charge in [-0.2, -0.15) is 4.37 Å². The summed E-state index contributed by atoms with van der Waals surface area (Å²) in [6.07, 6.45) is 3.55. The number of rotatable bonds is 5. The minimum atomic E-state index is 0. The van der Waals surface area contributed by atoms with Gasteiger partial charge in [-0.05, 0) is 31.8 Å². The van der Waals surface area contributed by atoms with E-state index in [1.165, 1.54) is 44.0 Å². The zero-order valence-corrected chi connectivity index (χ0v) is 20.0. The van der Waals surface area contributed by atoms with E-state index >= 15 is 0 Å². The highest BCUT2D eigenvalue weighted by Gasteiger charge is 2.23. The molecule has 0 aromatic carbocycles. The van der Waals surface area contributed by atoms with Gasteiger partial charge in [0.25, 0.3) is 0 Å². The molecule has 2 aliphatic rings. The zero-order valence-electron chi connectivity index (χ0n) is 16.9. The Morgan fingerprint density at radius 3 is 2.63 bits per heavy atom. The van der Waals surface area contributed by atoms with Crippen molar-refractivity contribution in [2.75, 3.05) is 64.3 Å². The van der Waals surface area contributed by atoms with Gasteiger partial charge in [-0.15, -0.1) is 24.0 Å². The fourth-order valence-corrected chi connectivity index (χ4v) is 4.60. The number of hydrogen-bond donors (Lipinski definition) is 1. The first-order valence-corrected chi connectivity index (χ1v) is 10.8. The number of hydrogen-bond acceptors (Lipinski definition) is 6. The smallest absolute Gasteiger partial charge is 0.205 e. The van der Waals surface area contributed by atoms with Crippen LogP contribution in [0.5, 0.6) is 0 Å². The molecule has 0 amide bonds. The van der Waals surface area contributed by atoms with Crippen LogP contribution in [-0.2, 0) is 6.42 Å². The van der Waals surface area contributed by atoms with Gasteiger partial charge >= 0.3 is 0 Å². The van der Waals surface area contributed by atoms with Crippen molar-refractivity contribution >= 4 is 46.6 Å². The molecule has 0 spiro atoms. The number of likely N-dealkylation sites (tertiary alicyclic amines) is 1. The molecule has 9 heteroatoms. The van der Waals surface area contributed by atoms with E-state index in [1.807, 2.05) is 7.05 Å². The maximum atomic E-state index is 4.62. The normalized spacial score (nSPS) is 21.9. The summed E-state index contributed by atoms with van der Waals surface area (Å²) in [5.41, 5.74) is 0. The Morgan fingerprint density at radius 2 is 2.00 bits per heavy atom. The molecule has 154 valence electrons. The standard InChI is InChI=1S/C18H33N7S.HI/c1-4-16-21-18(26-22-16)25-11-9-24(10-12-25)17(19-3)20-13-15-7-6-8-23(5-2)14-15;/h15H,4-14H2,1-3H3,(H,19,20);1H. The molecular formula is C18H34IN7S. The highest BCUT2D eigenvalue weighted by Crippen LogP contribution is 2.19. The van der Waals surface area contributed by atoms with Crippen LogP contribution < -0.4 is 10.2 Å². The van der Waals surface area contributed by atoms with E-state index in [9.17, 15) is 0 Å². The predicted molar refractivity (Wildman–Crippen MR) is 125 cm³/mol. The van der Waals surface area contributed by atoms with E-state index in [0.717, 1.165) is 62.0 Å². The van der Waals surface area contributed by atoms with Crippen LogP contribution in [0.25, 0.3) is 0 Å². The maximum Gasteiger partial charge on any atom is 0.205 e. The highest BCUT2D eigenvalue weighted by molar-refractivity contribution is 14.0. The summed E-state index contributed by atoms with van der Waals surface area (Å²) >= 11 is 1.52. The molecule has 3 heterocycles. The van der Waals surface area contributed by atoms with Gasteiger partial charge in [-0.25, -0.2) is 4.98 Å². The van der Waals surface area contributed by atoms with E-state index in [1.54, 1.807) is 0 Å². The topological polar surface area (TPSA) is 59.9 Å². The molecule has 1 aromatic rings. The molecule has 2 fully saturated rings. The van der Waals surface area contributed by atoms with Crippen molar-refractivity contribution in [3.8, 4) is 0 Å². The summed E-state index contributed by atoms with van der Waals surface area (Å²) in [6.45, 7) is 12.9. The van der Waals surface area contributed by atoms with Crippen molar-refractivity contribution in [3.05, 3.63) is 5.82 Å². The Labute approximate surface area is 184 Å². The number of anilines is 1. The average Bonchev–Trinajstić information content (AvgIpc) is 3.18. The number of aromatic nitrogens is 2. The molecule has 1 aromatic heterocycles. The minimum absolute atomic E-state index is 0. The maximum absolute atomic E-state index is 4.62. The summed E-state index contributed by atoms with van der Waals surface area (Å²) in [4.78, 5) is 16.4. The lowest BCUT2D eigenvalue weighted by atomic mass is 9.98. The van der Waals surface area contributed by atoms with E-state index in [-0.39, 0.29) is 24.0 Å². The number of guanidine groups is 1. The SMILES string of the molecule is CCc1nsc(N2CCN(C(=NC)NCC3CCCN(CC)C3)CC2)n1.I. The van der Waals surface area contributed by atoms with Crippen LogP contribution >= 0.6 is 35.5 Å². The van der Waals surface area contributed by atoms with E-state index in [0.29, 0.717) is 0 Å². The summed E-state index contributed by atoms with van der Waals surface area (Å²) in [7, 11) is 1.90. The number of nitrogens with one attached hydrogen (secondary N) is 1. The third-order valence-corrected chi connectivity index (χ3v) is 6.25. The first kappa shape index (κ1) is 22.6. The van der Waals surface area contributed by atoms with Crippen LogP contribution in [0.15, 0.2) is 4.99 Å². The lowest BCUT2D eigenvalue weighted by Gasteiger charge is -2.37. The van der Waals surface area contributed by atoms with Crippen LogP contribution in [0.3, 0.4) is 0 Å². The average molecular weight is 507 g/mol. The molecule has 0 radical (unpaired) electrons. The zero-order chi connectivity index (χ0) is 18.4. The number of aryl methyl sites for hydroxylation is 1. The molecular weight excluding hydrogens is 473 g/mol. The number of nitrogens with zero attached hydrogens (tertiary/aromatic N) is 6. The van der Waals surface area contributed by atoms with Crippen LogP contribution in [0.2, 0.25) is 0 Å². The summed E-state index contributed by atoms with van der Waals surface area (Å²) in [5, 5.41) is 4.69. The number of halogens is 1. The van der Waals surface area contributed by atoms with Crippen LogP contribution in [0.4, 0.5) is 5.13 Å². The van der Waals surface area contributed by atoms with Gasteiger partial charge in [-0.1, -0.05) is 13.8 Å². The van der Waals surface area contributed by atoms with Crippen molar-refractivity contribution in [1.29, 1.82) is 0 Å². The van der Waals surface area contributed by atoms with Gasteiger partial charge < -0.3 is 20.0 Å². The van der Waals surface area contributed by atoms with E-state index in [4.69, 9.17) is 0 Å². The van der Waals surface area contributed by atoms with Crippen LogP contribution in [0, 0.1) is 5.92 Å². The second-order valence-corrected chi connectivity index (χ2v) is 7.88. The van der Waals surface area contributed by atoms with Gasteiger partial charge in [0, 0.05) is 64.3 Å². The molecule has 7 nitrogen and oxygen atoms in total. The van der Waals surface area contributed by atoms with Gasteiger partial charge in [0.1, 0.15) is 5.82 Å². The summed E-state index contributed by atoms with van der Waals surface area (Å²) in [5.74, 6) is 2.74. The molecule has 0 bridgehead atoms. The molecule has 0 aliphatic carbocycles. The fraction of sp³-hybridized carbons (Fsp3) is 0.833. The summed E-state index contributed by atoms with van der Waals surface area (Å²) < 4.78 is 4.41. The summed E-state index contributed by atoms with van der Waals surface area (Å²) in [6, 6.07) is 0. The van der Waals surface area contributed by atoms with E-state index < -0.39 is 0 Å². The van der Waals surface area contributed by atoms with E-state index in [2.05, 4.69) is 48.2 Å². The second kappa shape index (κ2) is 11.4. The van der Waals surface area contributed by atoms with Crippen molar-refractivity contribution in [3.63, 3.8) is 0 Å². The Morgan fingerprint density at radius 1 is 1.22 bits per heavy atom. The fourth-order valence-electron chi connectivity index (χ4n) is 3.80. The molecule has 0 saturated carbocycles. The Bertz CT molecular complexity index is 586. The largest absolute Gasteiger partial charge is 0.356 e. The molecule has 1 unspecified atom stereocenters. The lowest BCUT2D eigenvalue weighted by Crippen LogP contribution is -2.53. The minimum Gasteiger partial charge on any atom is -0.356 e. The predicted octanol–water partition coefficient (Wildman–Crippen LogP) is 2.15. The van der Waals surface area contributed by atoms with Crippen molar-refractivity contribution in [2.45, 2.75) is 33.1 Å². The Balaban J connectivity index is 0.00000261. The molecule has 3 rings (SSSR count). The number of piperazine rings is 1. The Kier molecular flexibility index (Phi) is 9.51. The van der Waals surface area contributed by atoms with Crippen LogP contribution in [0.1, 0.15) is 32.5 Å². The van der Waals surface area contributed by atoms with Gasteiger partial charge in [-0.3, -0.25) is 4.99 Å². The molecule has 27 heavy (non-hydrogen) atoms. The second-order valence-electron chi connectivity index (χ2n) is 7.15. The van der Waals surface area contributed by atoms with Crippen molar-refractivity contribution in [2.24, 2.45) is 10.9 Å². The quantitative estimate of drug-likeness (QED) is 0.375. The van der Waals surface area contributed by atoms with Crippen molar-refractivity contribution in [1.82, 2.24) is 24.5 Å². The Hall–Kier alpha value is -0.680. The third-order valence-electron chi connectivity index (χ3n) is 5.43. The molecule has 1 atom stereocenters. The molecule has 2 saturated heterocycles. The van der Waals surface area contributed by atoms with Gasteiger partial charge in [0.2, 0.25) is 5.13 Å². The van der Waals surface area contributed by atoms with Crippen LogP contribution in [-0.4, -0.2) is 84.5 Å². The third kappa shape index (κ3) is 6.15. The van der Waals surface area contributed by atoms with Gasteiger partial charge in [0.05, 0.1) is 0 Å².